The Balaban J connectivity index is 2.52. The Bertz CT molecular complexity index is 600. The molecule has 0 saturated heterocycles. The second-order valence-corrected chi connectivity index (χ2v) is 23.5. The van der Waals surface area contributed by atoms with E-state index in [0.717, 1.165) is 38.8 Å². The molecule has 0 aliphatic heterocycles. The van der Waals surface area contributed by atoms with E-state index in [1.165, 1.54) is 0 Å². The first kappa shape index (κ1) is 23.9. The summed E-state index contributed by atoms with van der Waals surface area (Å²) < 4.78 is 0. The number of allylic oxidation sites excluding steroid dienone is 6. The Labute approximate surface area is 179 Å². The molecule has 2 rings (SSSR count). The molecule has 0 heterocycles. The van der Waals surface area contributed by atoms with Gasteiger partial charge in [0.1, 0.15) is 0 Å². The molecule has 0 amide bonds. The van der Waals surface area contributed by atoms with Crippen LogP contribution in [0, 0.1) is 5.92 Å². The zero-order valence-electron chi connectivity index (χ0n) is 20.9. The molecular weight excluding hydrogens is 368 g/mol. The van der Waals surface area contributed by atoms with Crippen molar-refractivity contribution in [3.63, 3.8) is 0 Å². The lowest BCUT2D eigenvalue weighted by molar-refractivity contribution is 0.768. The Morgan fingerprint density at radius 2 is 1.00 bits per heavy atom. The van der Waals surface area contributed by atoms with Gasteiger partial charge in [-0.3, -0.25) is 0 Å². The first-order valence-corrected chi connectivity index (χ1v) is 16.5. The zero-order valence-corrected chi connectivity index (χ0v) is 22.9. The van der Waals surface area contributed by atoms with E-state index in [1.807, 2.05) is 5.20 Å². The van der Waals surface area contributed by atoms with Gasteiger partial charge in [0.05, 0.1) is 16.1 Å². The van der Waals surface area contributed by atoms with Crippen LogP contribution in [0.15, 0.2) is 35.1 Å². The van der Waals surface area contributed by atoms with Crippen LogP contribution in [0.4, 0.5) is 0 Å². The van der Waals surface area contributed by atoms with Crippen LogP contribution in [0.3, 0.4) is 0 Å². The van der Waals surface area contributed by atoms with E-state index in [9.17, 15) is 0 Å². The summed E-state index contributed by atoms with van der Waals surface area (Å²) in [6, 6.07) is 0. The van der Waals surface area contributed by atoms with Gasteiger partial charge in [0.25, 0.3) is 0 Å². The van der Waals surface area contributed by atoms with E-state index >= 15 is 0 Å². The van der Waals surface area contributed by atoms with Gasteiger partial charge in [0, 0.05) is 5.92 Å². The zero-order chi connectivity index (χ0) is 21.6. The number of rotatable bonds is 8. The summed E-state index contributed by atoms with van der Waals surface area (Å²) >= 11 is 0. The molecule has 28 heavy (non-hydrogen) atoms. The maximum absolute atomic E-state index is 2.68. The number of fused-ring (bicyclic) bond motifs is 1. The molecule has 2 aliphatic carbocycles. The molecule has 0 saturated carbocycles. The van der Waals surface area contributed by atoms with Crippen LogP contribution < -0.4 is 0 Å². The van der Waals surface area contributed by atoms with E-state index in [1.54, 1.807) is 5.57 Å². The second kappa shape index (κ2) is 8.42. The molecule has 2 unspecified atom stereocenters. The molecule has 0 radical (unpaired) electrons. The van der Waals surface area contributed by atoms with Gasteiger partial charge in [-0.15, -0.1) is 0 Å². The van der Waals surface area contributed by atoms with E-state index in [-0.39, 0.29) is 0 Å². The van der Waals surface area contributed by atoms with Gasteiger partial charge >= 0.3 is 0 Å². The molecular formula is C26H48Si2. The topological polar surface area (TPSA) is 0 Å². The molecule has 0 aromatic carbocycles. The highest BCUT2D eigenvalue weighted by atomic mass is 28.3. The summed E-state index contributed by atoms with van der Waals surface area (Å²) in [4.78, 5) is 0. The van der Waals surface area contributed by atoms with Gasteiger partial charge in [-0.05, 0) is 38.8 Å². The molecule has 0 bridgehead atoms. The molecule has 2 heteroatoms. The summed E-state index contributed by atoms with van der Waals surface area (Å²) in [5, 5.41) is 1.85. The van der Waals surface area contributed by atoms with Gasteiger partial charge in [-0.2, -0.15) is 0 Å². The van der Waals surface area contributed by atoms with Crippen LogP contribution in [0.2, 0.25) is 38.8 Å². The smallest absolute Gasteiger partial charge is 0.0831 e. The van der Waals surface area contributed by atoms with Crippen molar-refractivity contribution in [3.8, 4) is 0 Å². The standard InChI is InChI=1S/C26H48Si2/c1-17(2)27(18(3)4,19(5)6)25-15-13-24-23(25)14-16-26(24)28(20(7)8,21(9)10)22(11)12/h13-23,26H,1-12H3. The fourth-order valence-electron chi connectivity index (χ4n) is 8.36. The molecule has 160 valence electrons. The van der Waals surface area contributed by atoms with Crippen LogP contribution in [0.1, 0.15) is 83.1 Å². The molecule has 0 N–H and O–H groups in total. The van der Waals surface area contributed by atoms with Gasteiger partial charge in [0.2, 0.25) is 0 Å². The van der Waals surface area contributed by atoms with E-state index in [4.69, 9.17) is 0 Å². The minimum Gasteiger partial charge on any atom is -0.0831 e. The fourth-order valence-corrected chi connectivity index (χ4v) is 23.0. The maximum Gasteiger partial charge on any atom is 0.0902 e. The lowest BCUT2D eigenvalue weighted by Gasteiger charge is -2.49. The summed E-state index contributed by atoms with van der Waals surface area (Å²) in [6.45, 7) is 30.2. The van der Waals surface area contributed by atoms with Crippen molar-refractivity contribution >= 4 is 16.1 Å². The minimum atomic E-state index is -1.58. The van der Waals surface area contributed by atoms with E-state index in [0.29, 0.717) is 5.92 Å². The van der Waals surface area contributed by atoms with E-state index in [2.05, 4.69) is 107 Å². The summed E-state index contributed by atoms with van der Waals surface area (Å²) in [6.07, 6.45) is 10.5. The van der Waals surface area contributed by atoms with Crippen molar-refractivity contribution < 1.29 is 0 Å². The second-order valence-electron chi connectivity index (χ2n) is 11.5. The van der Waals surface area contributed by atoms with Gasteiger partial charge in [0.15, 0.2) is 0 Å². The third-order valence-electron chi connectivity index (χ3n) is 8.91. The highest BCUT2D eigenvalue weighted by Crippen LogP contribution is 2.61. The fraction of sp³-hybridized carbons (Fsp3) is 0.769. The molecule has 0 aromatic heterocycles. The molecule has 0 spiro atoms. The highest BCUT2D eigenvalue weighted by molar-refractivity contribution is 6.90. The lowest BCUT2D eigenvalue weighted by Crippen LogP contribution is -2.50. The van der Waals surface area contributed by atoms with Crippen molar-refractivity contribution in [2.24, 2.45) is 5.92 Å². The predicted molar refractivity (Wildman–Crippen MR) is 135 cm³/mol. The Hall–Kier alpha value is -0.346. The van der Waals surface area contributed by atoms with Crippen LogP contribution in [0.5, 0.6) is 0 Å². The quantitative estimate of drug-likeness (QED) is 0.273. The van der Waals surface area contributed by atoms with Crippen molar-refractivity contribution in [2.75, 3.05) is 0 Å². The normalized spacial score (nSPS) is 23.1. The van der Waals surface area contributed by atoms with E-state index < -0.39 is 16.1 Å². The molecule has 2 aliphatic rings. The monoisotopic (exact) mass is 416 g/mol. The molecule has 2 atom stereocenters. The van der Waals surface area contributed by atoms with Crippen molar-refractivity contribution in [1.82, 2.24) is 0 Å². The van der Waals surface area contributed by atoms with Crippen molar-refractivity contribution in [2.45, 2.75) is 122 Å². The summed E-state index contributed by atoms with van der Waals surface area (Å²) in [7, 11) is -3.10. The molecule has 0 fully saturated rings. The van der Waals surface area contributed by atoms with Crippen molar-refractivity contribution in [1.29, 1.82) is 0 Å². The SMILES string of the molecule is CC(C)[Si](C1=CC=C2C1C=CC2[Si](C(C)C)(C(C)C)C(C)C)(C(C)C)C(C)C. The van der Waals surface area contributed by atoms with Gasteiger partial charge in [-0.1, -0.05) is 118 Å². The number of hydrogen-bond acceptors (Lipinski definition) is 0. The Morgan fingerprint density at radius 1 is 0.571 bits per heavy atom. The maximum atomic E-state index is 2.68. The van der Waals surface area contributed by atoms with Gasteiger partial charge < -0.3 is 0 Å². The molecule has 0 nitrogen and oxygen atoms in total. The average Bonchev–Trinajstić information content (AvgIpc) is 3.10. The third-order valence-corrected chi connectivity index (χ3v) is 23.7. The lowest BCUT2D eigenvalue weighted by atomic mass is 10.1. The average molecular weight is 417 g/mol. The van der Waals surface area contributed by atoms with Crippen LogP contribution in [-0.4, -0.2) is 16.1 Å². The van der Waals surface area contributed by atoms with Crippen LogP contribution >= 0.6 is 0 Å². The largest absolute Gasteiger partial charge is 0.0902 e. The first-order valence-electron chi connectivity index (χ1n) is 12.0. The predicted octanol–water partition coefficient (Wildman–Crippen LogP) is 9.31. The van der Waals surface area contributed by atoms with Gasteiger partial charge in [-0.25, -0.2) is 0 Å². The number of hydrogen-bond donors (Lipinski definition) is 0. The van der Waals surface area contributed by atoms with Crippen LogP contribution in [0.25, 0.3) is 0 Å². The summed E-state index contributed by atoms with van der Waals surface area (Å²) in [5.74, 6) is 0.618. The Morgan fingerprint density at radius 3 is 1.36 bits per heavy atom. The van der Waals surface area contributed by atoms with Crippen molar-refractivity contribution in [3.05, 3.63) is 35.1 Å². The summed E-state index contributed by atoms with van der Waals surface area (Å²) in [5.41, 5.74) is 7.32. The first-order chi connectivity index (χ1) is 12.9. The van der Waals surface area contributed by atoms with Crippen LogP contribution in [-0.2, 0) is 0 Å². The highest BCUT2D eigenvalue weighted by Gasteiger charge is 2.55. The molecule has 0 aromatic rings. The minimum absolute atomic E-state index is 0.618. The third kappa shape index (κ3) is 3.21. The Kier molecular flexibility index (Phi) is 7.19.